The Morgan fingerprint density at radius 2 is 1.00 bits per heavy atom. The zero-order chi connectivity index (χ0) is 20.5. The van der Waals surface area contributed by atoms with Crippen molar-refractivity contribution in [2.24, 2.45) is 0 Å². The lowest BCUT2D eigenvalue weighted by molar-refractivity contribution is 0.589. The van der Waals surface area contributed by atoms with Crippen molar-refractivity contribution in [1.29, 1.82) is 0 Å². The summed E-state index contributed by atoms with van der Waals surface area (Å²) in [6.45, 7) is 13.6. The van der Waals surface area contributed by atoms with E-state index in [1.807, 2.05) is 0 Å². The van der Waals surface area contributed by atoms with E-state index in [1.54, 1.807) is 0 Å². The van der Waals surface area contributed by atoms with E-state index in [-0.39, 0.29) is 16.7 Å². The van der Waals surface area contributed by atoms with Crippen molar-refractivity contribution in [2.45, 2.75) is 58.3 Å². The van der Waals surface area contributed by atoms with Gasteiger partial charge in [-0.1, -0.05) is 118 Å². The van der Waals surface area contributed by atoms with Gasteiger partial charge in [-0.25, -0.2) is 0 Å². The molecule has 0 N–H and O–H groups in total. The van der Waals surface area contributed by atoms with E-state index in [0.717, 1.165) is 4.47 Å². The second-order valence-electron chi connectivity index (χ2n) is 9.73. The first-order valence-corrected chi connectivity index (χ1v) is 10.8. The lowest BCUT2D eigenvalue weighted by Gasteiger charge is -2.24. The zero-order valence-electron chi connectivity index (χ0n) is 17.9. The molecular formula is C27H31Br. The van der Waals surface area contributed by atoms with Crippen LogP contribution >= 0.6 is 15.9 Å². The highest BCUT2D eigenvalue weighted by molar-refractivity contribution is 9.10. The Morgan fingerprint density at radius 3 is 1.36 bits per heavy atom. The second kappa shape index (κ2) is 7.87. The summed E-state index contributed by atoms with van der Waals surface area (Å²) in [6, 6.07) is 27.0. The van der Waals surface area contributed by atoms with Gasteiger partial charge in [-0.05, 0) is 50.8 Å². The Labute approximate surface area is 179 Å². The Hall–Kier alpha value is -1.86. The third kappa shape index (κ3) is 4.75. The minimum Gasteiger partial charge on any atom is -0.0608 e. The highest BCUT2D eigenvalue weighted by Gasteiger charge is 2.20. The molecule has 0 unspecified atom stereocenters. The molecule has 0 amide bonds. The SMILES string of the molecule is CC(C)(C)c1ccc(C(c2ccc(C(C)(C)C)cc2)c2cccc(Br)c2)cc1. The van der Waals surface area contributed by atoms with E-state index >= 15 is 0 Å². The van der Waals surface area contributed by atoms with Crippen molar-refractivity contribution < 1.29 is 0 Å². The van der Waals surface area contributed by atoms with Crippen LogP contribution < -0.4 is 0 Å². The summed E-state index contributed by atoms with van der Waals surface area (Å²) >= 11 is 3.65. The molecule has 28 heavy (non-hydrogen) atoms. The topological polar surface area (TPSA) is 0 Å². The van der Waals surface area contributed by atoms with Gasteiger partial charge in [0.15, 0.2) is 0 Å². The van der Waals surface area contributed by atoms with Gasteiger partial charge in [-0.3, -0.25) is 0 Å². The molecule has 0 radical (unpaired) electrons. The van der Waals surface area contributed by atoms with Crippen LogP contribution in [-0.4, -0.2) is 0 Å². The molecule has 3 aromatic carbocycles. The molecule has 0 fully saturated rings. The largest absolute Gasteiger partial charge is 0.0608 e. The Balaban J connectivity index is 2.08. The van der Waals surface area contributed by atoms with Gasteiger partial charge < -0.3 is 0 Å². The van der Waals surface area contributed by atoms with Gasteiger partial charge in [-0.15, -0.1) is 0 Å². The third-order valence-electron chi connectivity index (χ3n) is 5.40. The average molecular weight is 435 g/mol. The second-order valence-corrected chi connectivity index (χ2v) is 10.6. The molecule has 146 valence electrons. The van der Waals surface area contributed by atoms with Crippen LogP contribution in [0, 0.1) is 0 Å². The van der Waals surface area contributed by atoms with E-state index in [4.69, 9.17) is 0 Å². The molecule has 0 heterocycles. The lowest BCUT2D eigenvalue weighted by Crippen LogP contribution is -2.12. The van der Waals surface area contributed by atoms with E-state index in [1.165, 1.54) is 27.8 Å². The minimum atomic E-state index is 0.165. The molecule has 0 saturated heterocycles. The molecule has 1 heteroatoms. The fourth-order valence-corrected chi connectivity index (χ4v) is 4.03. The van der Waals surface area contributed by atoms with Gasteiger partial charge in [0.1, 0.15) is 0 Å². The first kappa shape index (κ1) is 20.9. The quantitative estimate of drug-likeness (QED) is 0.364. The van der Waals surface area contributed by atoms with Gasteiger partial charge in [0.25, 0.3) is 0 Å². The molecule has 0 nitrogen and oxygen atoms in total. The Morgan fingerprint density at radius 1 is 0.571 bits per heavy atom. The van der Waals surface area contributed by atoms with E-state index in [2.05, 4.69) is 130 Å². The Kier molecular flexibility index (Phi) is 5.87. The van der Waals surface area contributed by atoms with Gasteiger partial charge in [0.2, 0.25) is 0 Å². The number of benzene rings is 3. The summed E-state index contributed by atoms with van der Waals surface area (Å²) < 4.78 is 1.12. The molecular weight excluding hydrogens is 404 g/mol. The average Bonchev–Trinajstić information content (AvgIpc) is 2.61. The summed E-state index contributed by atoms with van der Waals surface area (Å²) in [4.78, 5) is 0. The van der Waals surface area contributed by atoms with Crippen LogP contribution in [0.25, 0.3) is 0 Å². The van der Waals surface area contributed by atoms with Crippen LogP contribution in [0.3, 0.4) is 0 Å². The fraction of sp³-hybridized carbons (Fsp3) is 0.333. The van der Waals surface area contributed by atoms with Crippen molar-refractivity contribution in [1.82, 2.24) is 0 Å². The first-order chi connectivity index (χ1) is 13.1. The van der Waals surface area contributed by atoms with Gasteiger partial charge >= 0.3 is 0 Å². The van der Waals surface area contributed by atoms with Crippen molar-refractivity contribution in [3.63, 3.8) is 0 Å². The summed E-state index contributed by atoms with van der Waals surface area (Å²) in [5, 5.41) is 0. The van der Waals surface area contributed by atoms with Gasteiger partial charge in [0, 0.05) is 10.4 Å². The smallest absolute Gasteiger partial charge is 0.0340 e. The zero-order valence-corrected chi connectivity index (χ0v) is 19.5. The molecule has 3 rings (SSSR count). The number of halogens is 1. The van der Waals surface area contributed by atoms with Crippen molar-refractivity contribution >= 4 is 15.9 Å². The predicted molar refractivity (Wildman–Crippen MR) is 125 cm³/mol. The maximum Gasteiger partial charge on any atom is 0.0340 e. The molecule has 0 aliphatic rings. The van der Waals surface area contributed by atoms with E-state index in [9.17, 15) is 0 Å². The van der Waals surface area contributed by atoms with Crippen molar-refractivity contribution in [2.75, 3.05) is 0 Å². The van der Waals surface area contributed by atoms with Crippen LogP contribution in [0.2, 0.25) is 0 Å². The van der Waals surface area contributed by atoms with Crippen LogP contribution in [0.4, 0.5) is 0 Å². The molecule has 3 aromatic rings. The van der Waals surface area contributed by atoms with Crippen LogP contribution in [0.5, 0.6) is 0 Å². The molecule has 0 aromatic heterocycles. The van der Waals surface area contributed by atoms with Crippen LogP contribution in [0.1, 0.15) is 75.3 Å². The minimum absolute atomic E-state index is 0.165. The van der Waals surface area contributed by atoms with Crippen LogP contribution in [-0.2, 0) is 10.8 Å². The van der Waals surface area contributed by atoms with Crippen molar-refractivity contribution in [3.8, 4) is 0 Å². The third-order valence-corrected chi connectivity index (χ3v) is 5.90. The predicted octanol–water partition coefficient (Wildman–Crippen LogP) is 8.22. The first-order valence-electron chi connectivity index (χ1n) is 10.0. The van der Waals surface area contributed by atoms with Crippen LogP contribution in [0.15, 0.2) is 77.3 Å². The summed E-state index contributed by atoms with van der Waals surface area (Å²) in [7, 11) is 0. The number of hydrogen-bond acceptors (Lipinski definition) is 0. The molecule has 0 spiro atoms. The number of hydrogen-bond donors (Lipinski definition) is 0. The van der Waals surface area contributed by atoms with E-state index < -0.39 is 0 Å². The highest BCUT2D eigenvalue weighted by Crippen LogP contribution is 2.35. The maximum absolute atomic E-state index is 3.65. The fourth-order valence-electron chi connectivity index (χ4n) is 3.61. The molecule has 0 saturated carbocycles. The molecule has 0 aliphatic heterocycles. The molecule has 0 atom stereocenters. The highest BCUT2D eigenvalue weighted by atomic mass is 79.9. The lowest BCUT2D eigenvalue weighted by atomic mass is 9.80. The van der Waals surface area contributed by atoms with Gasteiger partial charge in [-0.2, -0.15) is 0 Å². The molecule has 0 aliphatic carbocycles. The van der Waals surface area contributed by atoms with E-state index in [0.29, 0.717) is 0 Å². The number of rotatable bonds is 3. The Bertz CT molecular complexity index is 862. The van der Waals surface area contributed by atoms with Gasteiger partial charge in [0.05, 0.1) is 0 Å². The standard InChI is InChI=1S/C27H31Br/c1-26(2,3)22-14-10-19(11-15-22)25(21-8-7-9-24(28)18-21)20-12-16-23(17-13-20)27(4,5)6/h7-18,25H,1-6H3. The maximum atomic E-state index is 3.65. The molecule has 0 bridgehead atoms. The summed E-state index contributed by atoms with van der Waals surface area (Å²) in [5.41, 5.74) is 7.03. The normalized spacial score (nSPS) is 12.4. The summed E-state index contributed by atoms with van der Waals surface area (Å²) in [5.74, 6) is 0.223. The summed E-state index contributed by atoms with van der Waals surface area (Å²) in [6.07, 6.45) is 0. The monoisotopic (exact) mass is 434 g/mol. The van der Waals surface area contributed by atoms with Crippen molar-refractivity contribution in [3.05, 3.63) is 105 Å².